The van der Waals surface area contributed by atoms with Gasteiger partial charge in [-0.25, -0.2) is 0 Å². The van der Waals surface area contributed by atoms with Crippen molar-refractivity contribution in [1.29, 1.82) is 0 Å². The van der Waals surface area contributed by atoms with Crippen molar-refractivity contribution < 1.29 is 10.0 Å². The molecule has 0 aliphatic carbocycles. The molecule has 0 bridgehead atoms. The summed E-state index contributed by atoms with van der Waals surface area (Å²) in [6.07, 6.45) is 0.831. The number of hydrogen-bond acceptors (Lipinski definition) is 3. The van der Waals surface area contributed by atoms with E-state index in [1.54, 1.807) is 0 Å². The van der Waals surface area contributed by atoms with Crippen LogP contribution in [0.1, 0.15) is 11.1 Å². The van der Waals surface area contributed by atoms with Crippen molar-refractivity contribution in [2.75, 3.05) is 5.32 Å². The maximum absolute atomic E-state index is 11.2. The van der Waals surface area contributed by atoms with Gasteiger partial charge < -0.3 is 10.5 Å². The molecule has 1 rings (SSSR count). The lowest BCUT2D eigenvalue weighted by molar-refractivity contribution is -0.110. The minimum atomic E-state index is -0.445. The highest BCUT2D eigenvalue weighted by molar-refractivity contribution is 14.1. The van der Waals surface area contributed by atoms with Crippen LogP contribution in [0.25, 0.3) is 0 Å². The fraction of sp³-hybridized carbons (Fsp3) is 0.200. The van der Waals surface area contributed by atoms with Gasteiger partial charge >= 0.3 is 0 Å². The number of halogens is 2. The summed E-state index contributed by atoms with van der Waals surface area (Å²) in [6.45, 7) is 4.05. The first-order chi connectivity index (χ1) is 7.47. The molecule has 0 fully saturated rings. The highest BCUT2D eigenvalue weighted by atomic mass is 127. The van der Waals surface area contributed by atoms with Gasteiger partial charge in [-0.3, -0.25) is 4.79 Å². The first-order valence-electron chi connectivity index (χ1n) is 4.41. The van der Waals surface area contributed by atoms with Crippen molar-refractivity contribution in [3.05, 3.63) is 24.3 Å². The predicted octanol–water partition coefficient (Wildman–Crippen LogP) is 2.91. The standard InChI is InChI=1S/C10H10I2N2O2/c1-5-6(2)10(12)8(3-7(5)11)14-9(15)4-13-16/h3-4,16H,1-2H3,(H,14,15)/b13-4-. The smallest absolute Gasteiger partial charge is 0.270 e. The molecule has 0 aliphatic heterocycles. The van der Waals surface area contributed by atoms with Gasteiger partial charge in [-0.15, -0.1) is 0 Å². The van der Waals surface area contributed by atoms with E-state index in [-0.39, 0.29) is 0 Å². The normalized spacial score (nSPS) is 10.8. The second-order valence-electron chi connectivity index (χ2n) is 3.20. The number of nitrogens with one attached hydrogen (secondary N) is 1. The lowest BCUT2D eigenvalue weighted by Crippen LogP contribution is -2.14. The first-order valence-corrected chi connectivity index (χ1v) is 6.56. The molecule has 1 aromatic rings. The second-order valence-corrected chi connectivity index (χ2v) is 5.44. The Labute approximate surface area is 121 Å². The molecule has 86 valence electrons. The van der Waals surface area contributed by atoms with Crippen LogP contribution in [0.4, 0.5) is 5.69 Å². The molecule has 0 heterocycles. The molecule has 16 heavy (non-hydrogen) atoms. The summed E-state index contributed by atoms with van der Waals surface area (Å²) in [7, 11) is 0. The number of rotatable bonds is 2. The van der Waals surface area contributed by atoms with E-state index in [1.165, 1.54) is 5.56 Å². The number of carbonyl (C=O) groups is 1. The summed E-state index contributed by atoms with van der Waals surface area (Å²) in [5, 5.41) is 13.6. The molecule has 0 atom stereocenters. The highest BCUT2D eigenvalue weighted by Crippen LogP contribution is 2.28. The zero-order chi connectivity index (χ0) is 12.3. The molecular formula is C10H10I2N2O2. The summed E-state index contributed by atoms with van der Waals surface area (Å²) < 4.78 is 2.09. The maximum Gasteiger partial charge on any atom is 0.270 e. The van der Waals surface area contributed by atoms with Crippen LogP contribution in [0.15, 0.2) is 11.2 Å². The molecule has 0 aromatic heterocycles. The Morgan fingerprint density at radius 1 is 1.44 bits per heavy atom. The fourth-order valence-corrected chi connectivity index (χ4v) is 2.56. The first kappa shape index (κ1) is 13.7. The maximum atomic E-state index is 11.2. The van der Waals surface area contributed by atoms with Crippen molar-refractivity contribution >= 4 is 63.0 Å². The molecule has 0 saturated carbocycles. The molecule has 1 aromatic carbocycles. The van der Waals surface area contributed by atoms with Gasteiger partial charge in [0.25, 0.3) is 5.91 Å². The van der Waals surface area contributed by atoms with Gasteiger partial charge in [0.05, 0.1) is 5.69 Å². The minimum Gasteiger partial charge on any atom is -0.411 e. The van der Waals surface area contributed by atoms with Crippen molar-refractivity contribution in [2.24, 2.45) is 5.16 Å². The van der Waals surface area contributed by atoms with E-state index in [9.17, 15) is 4.79 Å². The van der Waals surface area contributed by atoms with E-state index in [1.807, 2.05) is 19.9 Å². The average molecular weight is 444 g/mol. The fourth-order valence-electron chi connectivity index (χ4n) is 1.15. The number of hydrogen-bond donors (Lipinski definition) is 2. The van der Waals surface area contributed by atoms with Crippen LogP contribution in [-0.2, 0) is 4.79 Å². The largest absolute Gasteiger partial charge is 0.411 e. The minimum absolute atomic E-state index is 0.445. The van der Waals surface area contributed by atoms with Crippen LogP contribution in [0.3, 0.4) is 0 Å². The van der Waals surface area contributed by atoms with Crippen LogP contribution in [0.5, 0.6) is 0 Å². The zero-order valence-corrected chi connectivity index (χ0v) is 13.0. The molecule has 0 unspecified atom stereocenters. The Balaban J connectivity index is 3.11. The molecule has 0 aliphatic rings. The Hall–Kier alpha value is -0.380. The van der Waals surface area contributed by atoms with Gasteiger partial charge in [-0.2, -0.15) is 0 Å². The molecule has 4 nitrogen and oxygen atoms in total. The van der Waals surface area contributed by atoms with Gasteiger partial charge in [-0.05, 0) is 76.2 Å². The van der Waals surface area contributed by atoms with Crippen LogP contribution in [0.2, 0.25) is 0 Å². The van der Waals surface area contributed by atoms with Gasteiger partial charge in [0.15, 0.2) is 0 Å². The van der Waals surface area contributed by atoms with E-state index in [0.29, 0.717) is 0 Å². The van der Waals surface area contributed by atoms with Crippen molar-refractivity contribution in [3.8, 4) is 0 Å². The SMILES string of the molecule is Cc1c(I)cc(NC(=O)/C=N\O)c(I)c1C. The lowest BCUT2D eigenvalue weighted by atomic mass is 10.1. The summed E-state index contributed by atoms with van der Waals surface area (Å²) in [6, 6.07) is 1.90. The van der Waals surface area contributed by atoms with Gasteiger partial charge in [0.2, 0.25) is 0 Å². The molecule has 0 radical (unpaired) electrons. The van der Waals surface area contributed by atoms with Crippen molar-refractivity contribution in [3.63, 3.8) is 0 Å². The van der Waals surface area contributed by atoms with Gasteiger partial charge in [0, 0.05) is 7.14 Å². The van der Waals surface area contributed by atoms with E-state index in [2.05, 4.69) is 55.7 Å². The third-order valence-corrected chi connectivity index (χ3v) is 4.70. The highest BCUT2D eigenvalue weighted by Gasteiger charge is 2.10. The average Bonchev–Trinajstić information content (AvgIpc) is 2.23. The van der Waals surface area contributed by atoms with Crippen molar-refractivity contribution in [2.45, 2.75) is 13.8 Å². The lowest BCUT2D eigenvalue weighted by Gasteiger charge is -2.12. The Bertz CT molecular complexity index is 459. The van der Waals surface area contributed by atoms with E-state index >= 15 is 0 Å². The Kier molecular flexibility index (Phi) is 4.96. The molecule has 0 saturated heterocycles. The molecule has 2 N–H and O–H groups in total. The van der Waals surface area contributed by atoms with Gasteiger partial charge in [-0.1, -0.05) is 5.16 Å². The number of nitrogens with zero attached hydrogens (tertiary/aromatic N) is 1. The summed E-state index contributed by atoms with van der Waals surface area (Å²) in [5.74, 6) is -0.445. The number of amides is 1. The van der Waals surface area contributed by atoms with Gasteiger partial charge in [0.1, 0.15) is 6.21 Å². The quantitative estimate of drug-likeness (QED) is 0.319. The summed E-state index contributed by atoms with van der Waals surface area (Å²) in [4.78, 5) is 11.2. The number of anilines is 1. The zero-order valence-electron chi connectivity index (χ0n) is 8.71. The molecule has 1 amide bonds. The summed E-state index contributed by atoms with van der Waals surface area (Å²) >= 11 is 4.41. The Morgan fingerprint density at radius 3 is 2.62 bits per heavy atom. The van der Waals surface area contributed by atoms with E-state index in [0.717, 1.165) is 24.6 Å². The Morgan fingerprint density at radius 2 is 2.06 bits per heavy atom. The van der Waals surface area contributed by atoms with Crippen LogP contribution in [-0.4, -0.2) is 17.3 Å². The van der Waals surface area contributed by atoms with E-state index in [4.69, 9.17) is 5.21 Å². The molecular weight excluding hydrogens is 434 g/mol. The monoisotopic (exact) mass is 444 g/mol. The third-order valence-electron chi connectivity index (χ3n) is 2.19. The van der Waals surface area contributed by atoms with Crippen LogP contribution < -0.4 is 5.32 Å². The number of oxime groups is 1. The van der Waals surface area contributed by atoms with Crippen LogP contribution in [0, 0.1) is 21.0 Å². The topological polar surface area (TPSA) is 61.7 Å². The van der Waals surface area contributed by atoms with Crippen LogP contribution >= 0.6 is 45.2 Å². The molecule has 6 heteroatoms. The number of benzene rings is 1. The second kappa shape index (κ2) is 5.80. The molecule has 0 spiro atoms. The van der Waals surface area contributed by atoms with Crippen molar-refractivity contribution in [1.82, 2.24) is 0 Å². The summed E-state index contributed by atoms with van der Waals surface area (Å²) in [5.41, 5.74) is 3.08. The number of carbonyl (C=O) groups excluding carboxylic acids is 1. The van der Waals surface area contributed by atoms with E-state index < -0.39 is 5.91 Å². The predicted molar refractivity (Wildman–Crippen MR) is 80.3 cm³/mol. The third kappa shape index (κ3) is 3.06.